The van der Waals surface area contributed by atoms with Crippen molar-refractivity contribution in [3.63, 3.8) is 0 Å². The SMILES string of the molecule is CCCC(C)c1cc2n(n1)CCC(C)N2. The maximum atomic E-state index is 4.66. The molecule has 15 heavy (non-hydrogen) atoms. The molecule has 0 spiro atoms. The van der Waals surface area contributed by atoms with Gasteiger partial charge in [-0.15, -0.1) is 0 Å². The van der Waals surface area contributed by atoms with Gasteiger partial charge in [-0.2, -0.15) is 5.10 Å². The smallest absolute Gasteiger partial charge is 0.124 e. The second-order valence-electron chi connectivity index (χ2n) is 4.70. The van der Waals surface area contributed by atoms with E-state index in [0.717, 1.165) is 6.54 Å². The Balaban J connectivity index is 2.15. The van der Waals surface area contributed by atoms with Crippen LogP contribution >= 0.6 is 0 Å². The summed E-state index contributed by atoms with van der Waals surface area (Å²) >= 11 is 0. The molecule has 2 atom stereocenters. The Morgan fingerprint density at radius 1 is 1.67 bits per heavy atom. The molecule has 0 aliphatic carbocycles. The highest BCUT2D eigenvalue weighted by Gasteiger charge is 2.18. The first-order chi connectivity index (χ1) is 7.20. The fraction of sp³-hybridized carbons (Fsp3) is 0.750. The van der Waals surface area contributed by atoms with Crippen LogP contribution in [0.15, 0.2) is 6.07 Å². The van der Waals surface area contributed by atoms with Gasteiger partial charge in [0.1, 0.15) is 5.82 Å². The summed E-state index contributed by atoms with van der Waals surface area (Å²) in [5.74, 6) is 1.79. The highest BCUT2D eigenvalue weighted by atomic mass is 15.3. The van der Waals surface area contributed by atoms with E-state index < -0.39 is 0 Å². The molecule has 3 nitrogen and oxygen atoms in total. The van der Waals surface area contributed by atoms with E-state index in [0.29, 0.717) is 12.0 Å². The van der Waals surface area contributed by atoms with Gasteiger partial charge in [0.15, 0.2) is 0 Å². The second kappa shape index (κ2) is 4.25. The Morgan fingerprint density at radius 3 is 3.20 bits per heavy atom. The van der Waals surface area contributed by atoms with Gasteiger partial charge in [-0.25, -0.2) is 4.68 Å². The van der Waals surface area contributed by atoms with Crippen LogP contribution < -0.4 is 5.32 Å². The van der Waals surface area contributed by atoms with Gasteiger partial charge in [0.05, 0.1) is 5.69 Å². The topological polar surface area (TPSA) is 29.9 Å². The normalized spacial score (nSPS) is 21.9. The van der Waals surface area contributed by atoms with E-state index >= 15 is 0 Å². The average molecular weight is 207 g/mol. The van der Waals surface area contributed by atoms with Crippen LogP contribution in [0.25, 0.3) is 0 Å². The summed E-state index contributed by atoms with van der Waals surface area (Å²) in [7, 11) is 0. The first kappa shape index (κ1) is 10.5. The maximum Gasteiger partial charge on any atom is 0.124 e. The first-order valence-corrected chi connectivity index (χ1v) is 6.05. The molecule has 1 aromatic rings. The molecule has 0 amide bonds. The van der Waals surface area contributed by atoms with Crippen LogP contribution in [-0.2, 0) is 6.54 Å². The summed E-state index contributed by atoms with van der Waals surface area (Å²) in [6.07, 6.45) is 3.63. The molecule has 0 radical (unpaired) electrons. The molecule has 1 aliphatic rings. The second-order valence-corrected chi connectivity index (χ2v) is 4.70. The lowest BCUT2D eigenvalue weighted by Crippen LogP contribution is -2.25. The maximum absolute atomic E-state index is 4.66. The van der Waals surface area contributed by atoms with Gasteiger partial charge in [0.2, 0.25) is 0 Å². The van der Waals surface area contributed by atoms with Gasteiger partial charge >= 0.3 is 0 Å². The van der Waals surface area contributed by atoms with Crippen molar-refractivity contribution in [1.29, 1.82) is 0 Å². The number of hydrogen-bond donors (Lipinski definition) is 1. The summed E-state index contributed by atoms with van der Waals surface area (Å²) < 4.78 is 2.11. The highest BCUT2D eigenvalue weighted by Crippen LogP contribution is 2.25. The predicted octanol–water partition coefficient (Wildman–Crippen LogP) is 2.99. The highest BCUT2D eigenvalue weighted by molar-refractivity contribution is 5.40. The molecule has 1 aromatic heterocycles. The molecule has 2 heterocycles. The number of aryl methyl sites for hydroxylation is 1. The van der Waals surface area contributed by atoms with E-state index in [9.17, 15) is 0 Å². The zero-order valence-corrected chi connectivity index (χ0v) is 9.95. The van der Waals surface area contributed by atoms with Crippen molar-refractivity contribution < 1.29 is 0 Å². The summed E-state index contributed by atoms with van der Waals surface area (Å²) in [6.45, 7) is 7.78. The molecular formula is C12H21N3. The van der Waals surface area contributed by atoms with Crippen LogP contribution in [-0.4, -0.2) is 15.8 Å². The van der Waals surface area contributed by atoms with Crippen molar-refractivity contribution in [3.05, 3.63) is 11.8 Å². The Labute approximate surface area is 91.9 Å². The van der Waals surface area contributed by atoms with Crippen LogP contribution in [0.1, 0.15) is 51.6 Å². The van der Waals surface area contributed by atoms with Crippen molar-refractivity contribution in [2.75, 3.05) is 5.32 Å². The monoisotopic (exact) mass is 207 g/mol. The minimum atomic E-state index is 0.587. The summed E-state index contributed by atoms with van der Waals surface area (Å²) in [6, 6.07) is 2.80. The molecule has 3 heteroatoms. The van der Waals surface area contributed by atoms with Crippen molar-refractivity contribution in [3.8, 4) is 0 Å². The number of anilines is 1. The van der Waals surface area contributed by atoms with Crippen molar-refractivity contribution >= 4 is 5.82 Å². The van der Waals surface area contributed by atoms with Crippen molar-refractivity contribution in [1.82, 2.24) is 9.78 Å². The van der Waals surface area contributed by atoms with Crippen LogP contribution in [0.2, 0.25) is 0 Å². The molecule has 2 rings (SSSR count). The molecule has 0 saturated carbocycles. The molecular weight excluding hydrogens is 186 g/mol. The van der Waals surface area contributed by atoms with Gasteiger partial charge in [0, 0.05) is 24.6 Å². The third kappa shape index (κ3) is 2.16. The quantitative estimate of drug-likeness (QED) is 0.825. The molecule has 1 aliphatic heterocycles. The summed E-state index contributed by atoms with van der Waals surface area (Å²) in [4.78, 5) is 0. The standard InChI is InChI=1S/C12H21N3/c1-4-5-9(2)11-8-12-13-10(3)6-7-15(12)14-11/h8-10,13H,4-7H2,1-3H3. The number of aromatic nitrogens is 2. The molecule has 84 valence electrons. The number of fused-ring (bicyclic) bond motifs is 1. The van der Waals surface area contributed by atoms with Crippen LogP contribution in [0.4, 0.5) is 5.82 Å². The lowest BCUT2D eigenvalue weighted by Gasteiger charge is -2.21. The van der Waals surface area contributed by atoms with Crippen molar-refractivity contribution in [2.24, 2.45) is 0 Å². The first-order valence-electron chi connectivity index (χ1n) is 6.05. The van der Waals surface area contributed by atoms with Crippen LogP contribution in [0, 0.1) is 0 Å². The van der Waals surface area contributed by atoms with E-state index in [1.54, 1.807) is 0 Å². The number of hydrogen-bond acceptors (Lipinski definition) is 2. The predicted molar refractivity (Wildman–Crippen MR) is 63.3 cm³/mol. The Bertz CT molecular complexity index is 330. The minimum Gasteiger partial charge on any atom is -0.368 e. The summed E-state index contributed by atoms with van der Waals surface area (Å²) in [5, 5.41) is 8.14. The molecule has 0 fully saturated rings. The molecule has 0 saturated heterocycles. The van der Waals surface area contributed by atoms with E-state index in [-0.39, 0.29) is 0 Å². The molecule has 2 unspecified atom stereocenters. The summed E-state index contributed by atoms with van der Waals surface area (Å²) in [5.41, 5.74) is 1.24. The van der Waals surface area contributed by atoms with E-state index in [2.05, 4.69) is 41.9 Å². The van der Waals surface area contributed by atoms with E-state index in [1.807, 2.05) is 0 Å². The lowest BCUT2D eigenvalue weighted by molar-refractivity contribution is 0.503. The Hall–Kier alpha value is -0.990. The minimum absolute atomic E-state index is 0.587. The zero-order chi connectivity index (χ0) is 10.8. The Morgan fingerprint density at radius 2 is 2.47 bits per heavy atom. The van der Waals surface area contributed by atoms with Gasteiger partial charge < -0.3 is 5.32 Å². The van der Waals surface area contributed by atoms with Gasteiger partial charge in [0.25, 0.3) is 0 Å². The fourth-order valence-electron chi connectivity index (χ4n) is 2.19. The fourth-order valence-corrected chi connectivity index (χ4v) is 2.19. The van der Waals surface area contributed by atoms with Gasteiger partial charge in [-0.05, 0) is 19.8 Å². The molecule has 1 N–H and O–H groups in total. The zero-order valence-electron chi connectivity index (χ0n) is 9.95. The van der Waals surface area contributed by atoms with Gasteiger partial charge in [-0.1, -0.05) is 20.3 Å². The molecule has 0 aromatic carbocycles. The molecule has 0 bridgehead atoms. The van der Waals surface area contributed by atoms with Crippen molar-refractivity contribution in [2.45, 2.75) is 58.5 Å². The van der Waals surface area contributed by atoms with Gasteiger partial charge in [-0.3, -0.25) is 0 Å². The number of rotatable bonds is 3. The van der Waals surface area contributed by atoms with E-state index in [1.165, 1.54) is 30.8 Å². The lowest BCUT2D eigenvalue weighted by atomic mass is 10.0. The van der Waals surface area contributed by atoms with E-state index in [4.69, 9.17) is 0 Å². The third-order valence-corrected chi connectivity index (χ3v) is 3.19. The van der Waals surface area contributed by atoms with Crippen LogP contribution in [0.5, 0.6) is 0 Å². The number of nitrogens with one attached hydrogen (secondary N) is 1. The van der Waals surface area contributed by atoms with Crippen LogP contribution in [0.3, 0.4) is 0 Å². The third-order valence-electron chi connectivity index (χ3n) is 3.19. The average Bonchev–Trinajstić information content (AvgIpc) is 2.60. The number of nitrogens with zero attached hydrogens (tertiary/aromatic N) is 2. The largest absolute Gasteiger partial charge is 0.368 e. The Kier molecular flexibility index (Phi) is 2.98.